The van der Waals surface area contributed by atoms with E-state index in [-0.39, 0.29) is 10.8 Å². The van der Waals surface area contributed by atoms with Crippen molar-refractivity contribution in [3.8, 4) is 0 Å². The minimum atomic E-state index is -3.43. The van der Waals surface area contributed by atoms with Gasteiger partial charge in [0.2, 0.25) is 9.84 Å². The molecular formula is C9H11FO3S. The van der Waals surface area contributed by atoms with Gasteiger partial charge in [-0.25, -0.2) is 12.8 Å². The molecule has 1 aromatic carbocycles. The van der Waals surface area contributed by atoms with Gasteiger partial charge < -0.3 is 4.74 Å². The van der Waals surface area contributed by atoms with Gasteiger partial charge in [-0.05, 0) is 31.2 Å². The molecule has 0 aliphatic rings. The molecule has 0 heterocycles. The molecule has 78 valence electrons. The molecule has 0 atom stereocenters. The summed E-state index contributed by atoms with van der Waals surface area (Å²) in [5.74, 6) is -0.824. The Balaban J connectivity index is 2.87. The SMILES string of the molecule is CCOCS(=O)(=O)c1ccc(F)cc1. The van der Waals surface area contributed by atoms with Crippen molar-refractivity contribution >= 4 is 9.84 Å². The molecule has 14 heavy (non-hydrogen) atoms. The molecule has 1 aromatic rings. The average Bonchev–Trinajstić information content (AvgIpc) is 2.16. The summed E-state index contributed by atoms with van der Waals surface area (Å²) in [6.07, 6.45) is 0. The van der Waals surface area contributed by atoms with Crippen LogP contribution in [0.3, 0.4) is 0 Å². The normalized spacial score (nSPS) is 11.6. The van der Waals surface area contributed by atoms with Crippen molar-refractivity contribution in [2.45, 2.75) is 11.8 Å². The second-order valence-electron chi connectivity index (χ2n) is 2.68. The predicted octanol–water partition coefficient (Wildman–Crippen LogP) is 1.59. The molecule has 0 saturated heterocycles. The fraction of sp³-hybridized carbons (Fsp3) is 0.333. The molecule has 0 aliphatic carbocycles. The fourth-order valence-electron chi connectivity index (χ4n) is 0.903. The van der Waals surface area contributed by atoms with Crippen molar-refractivity contribution in [1.82, 2.24) is 0 Å². The minimum Gasteiger partial charge on any atom is -0.365 e. The number of sulfone groups is 1. The molecule has 3 nitrogen and oxygen atoms in total. The zero-order chi connectivity index (χ0) is 10.6. The second-order valence-corrected chi connectivity index (χ2v) is 4.62. The van der Waals surface area contributed by atoms with E-state index in [0.717, 1.165) is 12.1 Å². The monoisotopic (exact) mass is 218 g/mol. The van der Waals surface area contributed by atoms with Crippen molar-refractivity contribution < 1.29 is 17.5 Å². The van der Waals surface area contributed by atoms with E-state index in [2.05, 4.69) is 0 Å². The summed E-state index contributed by atoms with van der Waals surface area (Å²) in [4.78, 5) is 0.0763. The van der Waals surface area contributed by atoms with Gasteiger partial charge in [-0.3, -0.25) is 0 Å². The van der Waals surface area contributed by atoms with E-state index < -0.39 is 15.7 Å². The first-order valence-corrected chi connectivity index (χ1v) is 5.77. The third-order valence-electron chi connectivity index (χ3n) is 1.62. The maximum Gasteiger partial charge on any atom is 0.202 e. The van der Waals surface area contributed by atoms with Crippen LogP contribution in [0.15, 0.2) is 29.2 Å². The van der Waals surface area contributed by atoms with Crippen LogP contribution in [0.4, 0.5) is 4.39 Å². The third-order valence-corrected chi connectivity index (χ3v) is 3.08. The Bertz CT molecular complexity index is 383. The van der Waals surface area contributed by atoms with Crippen LogP contribution in [0.5, 0.6) is 0 Å². The zero-order valence-corrected chi connectivity index (χ0v) is 8.55. The summed E-state index contributed by atoms with van der Waals surface area (Å²) in [5.41, 5.74) is 0. The van der Waals surface area contributed by atoms with Crippen LogP contribution in [-0.2, 0) is 14.6 Å². The fourth-order valence-corrected chi connectivity index (χ4v) is 1.98. The maximum absolute atomic E-state index is 12.5. The smallest absolute Gasteiger partial charge is 0.202 e. The molecular weight excluding hydrogens is 207 g/mol. The largest absolute Gasteiger partial charge is 0.365 e. The first-order valence-electron chi connectivity index (χ1n) is 4.12. The van der Waals surface area contributed by atoms with Crippen LogP contribution in [0, 0.1) is 5.82 Å². The number of hydrogen-bond acceptors (Lipinski definition) is 3. The van der Waals surface area contributed by atoms with E-state index in [1.54, 1.807) is 6.92 Å². The molecule has 0 fully saturated rings. The first-order chi connectivity index (χ1) is 6.56. The number of ether oxygens (including phenoxy) is 1. The molecule has 0 bridgehead atoms. The van der Waals surface area contributed by atoms with Crippen molar-refractivity contribution in [3.63, 3.8) is 0 Å². The maximum atomic E-state index is 12.5. The molecule has 0 aromatic heterocycles. The Morgan fingerprint density at radius 1 is 1.29 bits per heavy atom. The number of halogens is 1. The van der Waals surface area contributed by atoms with E-state index in [0.29, 0.717) is 6.61 Å². The standard InChI is InChI=1S/C9H11FO3S/c1-2-13-7-14(11,12)9-5-3-8(10)4-6-9/h3-6H,2,7H2,1H3. The number of rotatable bonds is 4. The highest BCUT2D eigenvalue weighted by molar-refractivity contribution is 7.91. The van der Waals surface area contributed by atoms with Crippen LogP contribution in [0.25, 0.3) is 0 Å². The van der Waals surface area contributed by atoms with Gasteiger partial charge in [0.1, 0.15) is 5.82 Å². The van der Waals surface area contributed by atoms with E-state index in [1.807, 2.05) is 0 Å². The van der Waals surface area contributed by atoms with Gasteiger partial charge >= 0.3 is 0 Å². The molecule has 1 rings (SSSR count). The van der Waals surface area contributed by atoms with E-state index in [9.17, 15) is 12.8 Å². The highest BCUT2D eigenvalue weighted by Crippen LogP contribution is 2.11. The van der Waals surface area contributed by atoms with Gasteiger partial charge in [0.05, 0.1) is 4.90 Å². The predicted molar refractivity (Wildman–Crippen MR) is 50.1 cm³/mol. The zero-order valence-electron chi connectivity index (χ0n) is 7.73. The Hall–Kier alpha value is -0.940. The van der Waals surface area contributed by atoms with Crippen molar-refractivity contribution in [3.05, 3.63) is 30.1 Å². The van der Waals surface area contributed by atoms with Crippen molar-refractivity contribution in [2.75, 3.05) is 12.5 Å². The van der Waals surface area contributed by atoms with Crippen molar-refractivity contribution in [2.24, 2.45) is 0 Å². The minimum absolute atomic E-state index is 0.0763. The van der Waals surface area contributed by atoms with Gasteiger partial charge in [-0.2, -0.15) is 0 Å². The second kappa shape index (κ2) is 4.52. The van der Waals surface area contributed by atoms with E-state index in [1.165, 1.54) is 12.1 Å². The molecule has 0 unspecified atom stereocenters. The molecule has 0 radical (unpaired) electrons. The lowest BCUT2D eigenvalue weighted by Crippen LogP contribution is -2.09. The van der Waals surface area contributed by atoms with Gasteiger partial charge in [-0.15, -0.1) is 0 Å². The van der Waals surface area contributed by atoms with Crippen molar-refractivity contribution in [1.29, 1.82) is 0 Å². The summed E-state index contributed by atoms with van der Waals surface area (Å²) < 4.78 is 40.2. The lowest BCUT2D eigenvalue weighted by molar-refractivity contribution is 0.192. The van der Waals surface area contributed by atoms with Crippen LogP contribution in [0.1, 0.15) is 6.92 Å². The quantitative estimate of drug-likeness (QED) is 0.721. The summed E-state index contributed by atoms with van der Waals surface area (Å²) in [5, 5.41) is 0. The lowest BCUT2D eigenvalue weighted by atomic mass is 10.4. The van der Waals surface area contributed by atoms with Crippen LogP contribution < -0.4 is 0 Å². The summed E-state index contributed by atoms with van der Waals surface area (Å²) >= 11 is 0. The van der Waals surface area contributed by atoms with Gasteiger partial charge in [-0.1, -0.05) is 0 Å². The first kappa shape index (κ1) is 11.1. The molecule has 0 spiro atoms. The Labute approximate surface area is 82.4 Å². The molecule has 0 N–H and O–H groups in total. The van der Waals surface area contributed by atoms with Gasteiger partial charge in [0.15, 0.2) is 5.94 Å². The molecule has 0 amide bonds. The highest BCUT2D eigenvalue weighted by atomic mass is 32.2. The van der Waals surface area contributed by atoms with Gasteiger partial charge in [0.25, 0.3) is 0 Å². The summed E-state index contributed by atoms with van der Waals surface area (Å²) in [6.45, 7) is 2.04. The third kappa shape index (κ3) is 2.78. The lowest BCUT2D eigenvalue weighted by Gasteiger charge is -2.03. The Kier molecular flexibility index (Phi) is 3.60. The number of benzene rings is 1. The van der Waals surface area contributed by atoms with Crippen LogP contribution in [0.2, 0.25) is 0 Å². The Morgan fingerprint density at radius 3 is 2.36 bits per heavy atom. The van der Waals surface area contributed by atoms with E-state index >= 15 is 0 Å². The molecule has 0 saturated carbocycles. The summed E-state index contributed by atoms with van der Waals surface area (Å²) in [7, 11) is -3.43. The molecule has 5 heteroatoms. The van der Waals surface area contributed by atoms with Gasteiger partial charge in [0, 0.05) is 6.61 Å². The average molecular weight is 218 g/mol. The summed E-state index contributed by atoms with van der Waals surface area (Å²) in [6, 6.07) is 4.67. The Morgan fingerprint density at radius 2 is 1.86 bits per heavy atom. The topological polar surface area (TPSA) is 43.4 Å². The van der Waals surface area contributed by atoms with E-state index in [4.69, 9.17) is 4.74 Å². The van der Waals surface area contributed by atoms with Crippen LogP contribution in [-0.4, -0.2) is 21.0 Å². The highest BCUT2D eigenvalue weighted by Gasteiger charge is 2.13. The molecule has 0 aliphatic heterocycles. The van der Waals surface area contributed by atoms with Crippen LogP contribution >= 0.6 is 0 Å². The number of hydrogen-bond donors (Lipinski definition) is 0.